The minimum Gasteiger partial charge on any atom is -0.399 e. The van der Waals surface area contributed by atoms with Gasteiger partial charge in [-0.2, -0.15) is 52.7 Å². The van der Waals surface area contributed by atoms with Crippen LogP contribution in [0.1, 0.15) is 46.2 Å². The number of non-ortho nitro benzene ring substituents is 1. The summed E-state index contributed by atoms with van der Waals surface area (Å²) in [5.41, 5.74) is -1.69. The van der Waals surface area contributed by atoms with Crippen molar-refractivity contribution in [3.05, 3.63) is 128 Å². The third-order valence-corrected chi connectivity index (χ3v) is 9.94. The van der Waals surface area contributed by atoms with E-state index >= 15 is 0 Å². The number of nitro benzene ring substituents is 1. The Hall–Kier alpha value is -5.24. The molecule has 4 aromatic carbocycles. The van der Waals surface area contributed by atoms with Gasteiger partial charge in [0.05, 0.1) is 4.92 Å². The Kier molecular flexibility index (Phi) is 12.0. The van der Waals surface area contributed by atoms with Gasteiger partial charge in [-0.25, -0.2) is 0 Å². The molecular formula is C38H34F12N4O4. The number of nitrogens with zero attached hydrogens (tertiary/aromatic N) is 3. The smallest absolute Gasteiger partial charge is 0.399 e. The molecule has 0 fully saturated rings. The monoisotopic (exact) mass is 838 g/mol. The molecule has 0 atom stereocenters. The number of anilines is 3. The van der Waals surface area contributed by atoms with E-state index in [2.05, 4.69) is 0 Å². The number of nitrogens with two attached hydrogens (primary N) is 1. The molecule has 0 amide bonds. The van der Waals surface area contributed by atoms with Crippen LogP contribution in [0.4, 0.5) is 75.4 Å². The lowest BCUT2D eigenvalue weighted by Gasteiger charge is -2.33. The summed E-state index contributed by atoms with van der Waals surface area (Å²) in [6.07, 6.45) is -20.6. The highest BCUT2D eigenvalue weighted by atomic mass is 19.4. The Balaban J connectivity index is 0.000000221. The van der Waals surface area contributed by atoms with Gasteiger partial charge in [-0.3, -0.25) is 10.1 Å². The first-order valence-corrected chi connectivity index (χ1v) is 17.3. The maximum absolute atomic E-state index is 13.0. The number of rotatable bonds is 7. The van der Waals surface area contributed by atoms with Gasteiger partial charge < -0.3 is 25.7 Å². The van der Waals surface area contributed by atoms with Gasteiger partial charge in [0.15, 0.2) is 0 Å². The van der Waals surface area contributed by atoms with Crippen molar-refractivity contribution in [2.24, 2.45) is 0 Å². The number of nitrogen functional groups attached to an aromatic ring is 1. The second-order valence-corrected chi connectivity index (χ2v) is 13.8. The molecule has 4 N–H and O–H groups in total. The summed E-state index contributed by atoms with van der Waals surface area (Å²) in [7, 11) is 0. The van der Waals surface area contributed by atoms with E-state index in [-0.39, 0.29) is 12.2 Å². The lowest BCUT2D eigenvalue weighted by molar-refractivity contribution is -0.384. The van der Waals surface area contributed by atoms with E-state index in [4.69, 9.17) is 5.73 Å². The van der Waals surface area contributed by atoms with Crippen molar-refractivity contribution in [2.75, 3.05) is 28.6 Å². The van der Waals surface area contributed by atoms with Gasteiger partial charge in [-0.1, -0.05) is 48.5 Å². The van der Waals surface area contributed by atoms with E-state index < -0.39 is 52.0 Å². The van der Waals surface area contributed by atoms with Crippen LogP contribution in [0, 0.1) is 10.1 Å². The molecular weight excluding hydrogens is 804 g/mol. The van der Waals surface area contributed by atoms with E-state index in [1.807, 2.05) is 21.9 Å². The molecule has 0 saturated carbocycles. The highest BCUT2D eigenvalue weighted by Crippen LogP contribution is 2.51. The van der Waals surface area contributed by atoms with Crippen molar-refractivity contribution in [1.29, 1.82) is 0 Å². The standard InChI is InChI=1S/C19H16F6N2O3.C19H18F6N2O/c20-18(21,22)17(28,19(23,24)25)14-5-3-12(4-6-14)11-26-9-1-2-13-10-15(27(29)30)7-8-16(13)26;20-18(21,22)17(28,19(23,24)25)14-5-3-12(4-6-14)11-27-9-1-2-13-10-15(26)7-8-16(13)27/h3-8,10,28H,1-2,9,11H2;3-8,10,28H,1-2,9,11,26H2. The first-order chi connectivity index (χ1) is 26.8. The molecule has 0 aliphatic carbocycles. The van der Waals surface area contributed by atoms with E-state index in [9.17, 15) is 73.0 Å². The molecule has 6 rings (SSSR count). The number of aliphatic hydroxyl groups is 2. The predicted octanol–water partition coefficient (Wildman–Crippen LogP) is 9.39. The molecule has 0 saturated heterocycles. The van der Waals surface area contributed by atoms with Crippen LogP contribution in [-0.4, -0.2) is 52.9 Å². The highest BCUT2D eigenvalue weighted by Gasteiger charge is 2.72. The third kappa shape index (κ3) is 8.62. The van der Waals surface area contributed by atoms with Crippen LogP contribution in [0.15, 0.2) is 84.9 Å². The molecule has 0 unspecified atom stereocenters. The van der Waals surface area contributed by atoms with Gasteiger partial charge >= 0.3 is 24.7 Å². The Morgan fingerprint density at radius 3 is 1.29 bits per heavy atom. The molecule has 0 spiro atoms. The van der Waals surface area contributed by atoms with E-state index in [0.717, 1.165) is 47.5 Å². The van der Waals surface area contributed by atoms with Gasteiger partial charge in [-0.05, 0) is 72.2 Å². The van der Waals surface area contributed by atoms with Crippen molar-refractivity contribution in [2.45, 2.75) is 74.7 Å². The Morgan fingerprint density at radius 2 is 0.931 bits per heavy atom. The number of nitro groups is 1. The molecule has 2 aliphatic rings. The van der Waals surface area contributed by atoms with Crippen LogP contribution in [-0.2, 0) is 37.1 Å². The zero-order chi connectivity index (χ0) is 43.1. The van der Waals surface area contributed by atoms with Crippen LogP contribution >= 0.6 is 0 Å². The number of fused-ring (bicyclic) bond motifs is 2. The average Bonchev–Trinajstić information content (AvgIpc) is 3.13. The van der Waals surface area contributed by atoms with Crippen LogP contribution in [0.5, 0.6) is 0 Å². The minimum atomic E-state index is -5.94. The quantitative estimate of drug-likeness (QED) is 0.0736. The summed E-state index contributed by atoms with van der Waals surface area (Å²) in [6, 6.07) is 16.9. The molecule has 2 heterocycles. The number of benzene rings is 4. The Labute approximate surface area is 322 Å². The van der Waals surface area contributed by atoms with Crippen LogP contribution in [0.25, 0.3) is 0 Å². The third-order valence-electron chi connectivity index (χ3n) is 9.94. The zero-order valence-electron chi connectivity index (χ0n) is 29.9. The SMILES string of the molecule is Nc1ccc2c(c1)CCCN2Cc1ccc(C(O)(C(F)(F)F)C(F)(F)F)cc1.O=[N+]([O-])c1ccc2c(c1)CCCN2Cc1ccc(C(O)(C(F)(F)F)C(F)(F)F)cc1. The number of hydrogen-bond donors (Lipinski definition) is 3. The van der Waals surface area contributed by atoms with E-state index in [1.165, 1.54) is 24.3 Å². The maximum Gasteiger partial charge on any atom is 0.430 e. The summed E-state index contributed by atoms with van der Waals surface area (Å²) in [4.78, 5) is 14.2. The summed E-state index contributed by atoms with van der Waals surface area (Å²) in [5.74, 6) is 0. The molecule has 2 aliphatic heterocycles. The van der Waals surface area contributed by atoms with Crippen LogP contribution < -0.4 is 15.5 Å². The summed E-state index contributed by atoms with van der Waals surface area (Å²) in [6.45, 7) is 1.77. The van der Waals surface area contributed by atoms with Gasteiger partial charge in [0.1, 0.15) is 0 Å². The summed E-state index contributed by atoms with van der Waals surface area (Å²) >= 11 is 0. The molecule has 0 radical (unpaired) electrons. The molecule has 0 aromatic heterocycles. The Morgan fingerprint density at radius 1 is 0.569 bits per heavy atom. The number of hydrogen-bond acceptors (Lipinski definition) is 7. The first kappa shape index (κ1) is 43.9. The number of alkyl halides is 12. The van der Waals surface area contributed by atoms with Crippen molar-refractivity contribution in [3.8, 4) is 0 Å². The van der Waals surface area contributed by atoms with Crippen molar-refractivity contribution < 1.29 is 67.8 Å². The van der Waals surface area contributed by atoms with Gasteiger partial charge in [0.25, 0.3) is 16.9 Å². The van der Waals surface area contributed by atoms with Gasteiger partial charge in [-0.15, -0.1) is 0 Å². The van der Waals surface area contributed by atoms with Crippen molar-refractivity contribution >= 4 is 22.7 Å². The van der Waals surface area contributed by atoms with Crippen molar-refractivity contribution in [1.82, 2.24) is 0 Å². The van der Waals surface area contributed by atoms with Gasteiger partial charge in [0, 0.05) is 66.5 Å². The predicted molar refractivity (Wildman–Crippen MR) is 188 cm³/mol. The second kappa shape index (κ2) is 15.8. The zero-order valence-corrected chi connectivity index (χ0v) is 29.9. The fourth-order valence-corrected chi connectivity index (χ4v) is 6.92. The molecule has 0 bridgehead atoms. The normalized spacial score (nSPS) is 15.3. The van der Waals surface area contributed by atoms with Crippen LogP contribution in [0.2, 0.25) is 0 Å². The summed E-state index contributed by atoms with van der Waals surface area (Å²) < 4.78 is 156. The molecule has 8 nitrogen and oxygen atoms in total. The molecule has 58 heavy (non-hydrogen) atoms. The van der Waals surface area contributed by atoms with Gasteiger partial charge in [0.2, 0.25) is 0 Å². The lowest BCUT2D eigenvalue weighted by atomic mass is 9.91. The summed E-state index contributed by atoms with van der Waals surface area (Å²) in [5, 5.41) is 29.8. The second-order valence-electron chi connectivity index (χ2n) is 13.8. The molecule has 4 aromatic rings. The minimum absolute atomic E-state index is 0.0569. The topological polar surface area (TPSA) is 116 Å². The Bertz CT molecular complexity index is 2060. The lowest BCUT2D eigenvalue weighted by Crippen LogP contribution is -2.53. The number of aryl methyl sites for hydroxylation is 2. The first-order valence-electron chi connectivity index (χ1n) is 17.3. The fraction of sp³-hybridized carbons (Fsp3) is 0.368. The number of halogens is 12. The van der Waals surface area contributed by atoms with E-state index in [0.29, 0.717) is 73.6 Å². The maximum atomic E-state index is 13.0. The average molecular weight is 839 g/mol. The fourth-order valence-electron chi connectivity index (χ4n) is 6.92. The largest absolute Gasteiger partial charge is 0.430 e. The van der Waals surface area contributed by atoms with Crippen LogP contribution in [0.3, 0.4) is 0 Å². The highest BCUT2D eigenvalue weighted by molar-refractivity contribution is 5.62. The molecule has 20 heteroatoms. The molecule has 314 valence electrons. The van der Waals surface area contributed by atoms with Crippen molar-refractivity contribution in [3.63, 3.8) is 0 Å². The van der Waals surface area contributed by atoms with E-state index in [1.54, 1.807) is 12.1 Å².